The molecule has 0 aliphatic heterocycles. The number of nitro benzene ring substituents is 1. The SMILES string of the molecule is C#CCOc1cc([N+](=O)[O-])c(C(C)OC(=O)NCCN)cc1OC. The number of ether oxygens (including phenoxy) is 3. The van der Waals surface area contributed by atoms with E-state index in [0.29, 0.717) is 0 Å². The van der Waals surface area contributed by atoms with E-state index in [9.17, 15) is 14.9 Å². The van der Waals surface area contributed by atoms with Crippen LogP contribution in [0.5, 0.6) is 11.5 Å². The van der Waals surface area contributed by atoms with Crippen LogP contribution in [0.25, 0.3) is 0 Å². The first-order valence-corrected chi connectivity index (χ1v) is 7.01. The number of nitro groups is 1. The van der Waals surface area contributed by atoms with E-state index in [1.165, 1.54) is 26.2 Å². The summed E-state index contributed by atoms with van der Waals surface area (Å²) in [6.45, 7) is 1.92. The van der Waals surface area contributed by atoms with Crippen LogP contribution in [-0.4, -0.2) is 37.8 Å². The topological polar surface area (TPSA) is 126 Å². The van der Waals surface area contributed by atoms with Gasteiger partial charge in [0.1, 0.15) is 12.7 Å². The average Bonchev–Trinajstić information content (AvgIpc) is 2.56. The Bertz CT molecular complexity index is 641. The second kappa shape index (κ2) is 9.22. The van der Waals surface area contributed by atoms with Crippen LogP contribution in [0.2, 0.25) is 0 Å². The minimum atomic E-state index is -0.890. The molecule has 1 atom stereocenters. The van der Waals surface area contributed by atoms with E-state index in [2.05, 4.69) is 11.2 Å². The minimum absolute atomic E-state index is 0.0690. The predicted molar refractivity (Wildman–Crippen MR) is 85.9 cm³/mol. The summed E-state index contributed by atoms with van der Waals surface area (Å²) in [6.07, 6.45) is 3.50. The number of terminal acetylenes is 1. The molecule has 3 N–H and O–H groups in total. The van der Waals surface area contributed by atoms with Crippen molar-refractivity contribution in [3.05, 3.63) is 27.8 Å². The van der Waals surface area contributed by atoms with Crippen molar-refractivity contribution in [1.82, 2.24) is 5.32 Å². The highest BCUT2D eigenvalue weighted by Gasteiger charge is 2.25. The van der Waals surface area contributed by atoms with Crippen molar-refractivity contribution in [3.8, 4) is 23.8 Å². The fourth-order valence-corrected chi connectivity index (χ4v) is 1.88. The van der Waals surface area contributed by atoms with Crippen molar-refractivity contribution in [2.45, 2.75) is 13.0 Å². The van der Waals surface area contributed by atoms with Gasteiger partial charge in [0.2, 0.25) is 0 Å². The molecule has 9 heteroatoms. The Morgan fingerprint density at radius 2 is 2.21 bits per heavy atom. The average molecular weight is 337 g/mol. The zero-order valence-electron chi connectivity index (χ0n) is 13.4. The van der Waals surface area contributed by atoms with Crippen LogP contribution < -0.4 is 20.5 Å². The Balaban J connectivity index is 3.13. The quantitative estimate of drug-likeness (QED) is 0.416. The third-order valence-corrected chi connectivity index (χ3v) is 2.96. The highest BCUT2D eigenvalue weighted by Crippen LogP contribution is 2.38. The van der Waals surface area contributed by atoms with Gasteiger partial charge in [0.05, 0.1) is 23.7 Å². The molecule has 1 unspecified atom stereocenters. The first kappa shape index (κ1) is 19.1. The number of alkyl carbamates (subject to hydrolysis) is 1. The molecule has 130 valence electrons. The van der Waals surface area contributed by atoms with Gasteiger partial charge >= 0.3 is 6.09 Å². The minimum Gasteiger partial charge on any atom is -0.493 e. The zero-order valence-corrected chi connectivity index (χ0v) is 13.4. The molecule has 0 heterocycles. The summed E-state index contributed by atoms with van der Waals surface area (Å²) in [7, 11) is 1.38. The molecule has 0 spiro atoms. The van der Waals surface area contributed by atoms with Gasteiger partial charge < -0.3 is 25.3 Å². The molecular weight excluding hydrogens is 318 g/mol. The summed E-state index contributed by atoms with van der Waals surface area (Å²) in [6, 6.07) is 2.56. The largest absolute Gasteiger partial charge is 0.493 e. The lowest BCUT2D eigenvalue weighted by Gasteiger charge is -2.16. The lowest BCUT2D eigenvalue weighted by atomic mass is 10.1. The van der Waals surface area contributed by atoms with Gasteiger partial charge in [-0.25, -0.2) is 4.79 Å². The molecule has 0 aromatic heterocycles. The van der Waals surface area contributed by atoms with E-state index in [-0.39, 0.29) is 42.4 Å². The van der Waals surface area contributed by atoms with E-state index >= 15 is 0 Å². The summed E-state index contributed by atoms with van der Waals surface area (Å²) in [5, 5.41) is 13.7. The molecule has 1 rings (SSSR count). The maximum Gasteiger partial charge on any atom is 0.407 e. The molecular formula is C15H19N3O6. The number of nitrogens with two attached hydrogens (primary N) is 1. The van der Waals surface area contributed by atoms with Gasteiger partial charge in [0.15, 0.2) is 11.5 Å². The number of amides is 1. The Kier molecular flexibility index (Phi) is 7.32. The Hall–Kier alpha value is -2.99. The van der Waals surface area contributed by atoms with E-state index in [1.54, 1.807) is 0 Å². The van der Waals surface area contributed by atoms with Crippen molar-refractivity contribution in [3.63, 3.8) is 0 Å². The monoisotopic (exact) mass is 337 g/mol. The fourth-order valence-electron chi connectivity index (χ4n) is 1.88. The van der Waals surface area contributed by atoms with Gasteiger partial charge in [0.25, 0.3) is 5.69 Å². The third-order valence-electron chi connectivity index (χ3n) is 2.96. The number of hydrogen-bond acceptors (Lipinski definition) is 7. The third kappa shape index (κ3) is 5.03. The van der Waals surface area contributed by atoms with E-state index in [4.69, 9.17) is 26.4 Å². The number of benzene rings is 1. The second-order valence-corrected chi connectivity index (χ2v) is 4.57. The van der Waals surface area contributed by atoms with Crippen molar-refractivity contribution in [2.24, 2.45) is 5.73 Å². The number of methoxy groups -OCH3 is 1. The highest BCUT2D eigenvalue weighted by molar-refractivity contribution is 5.68. The van der Waals surface area contributed by atoms with Gasteiger partial charge in [-0.3, -0.25) is 10.1 Å². The first-order valence-electron chi connectivity index (χ1n) is 7.01. The molecule has 24 heavy (non-hydrogen) atoms. The summed E-state index contributed by atoms with van der Waals surface area (Å²) >= 11 is 0. The molecule has 1 aromatic rings. The van der Waals surface area contributed by atoms with Crippen LogP contribution in [0.3, 0.4) is 0 Å². The number of carbonyl (C=O) groups excluding carboxylic acids is 1. The molecule has 0 radical (unpaired) electrons. The number of rotatable bonds is 8. The number of carbonyl (C=O) groups is 1. The fraction of sp³-hybridized carbons (Fsp3) is 0.400. The molecule has 0 aliphatic rings. The molecule has 0 bridgehead atoms. The van der Waals surface area contributed by atoms with E-state index < -0.39 is 17.1 Å². The summed E-state index contributed by atoms with van der Waals surface area (Å²) in [4.78, 5) is 22.3. The smallest absolute Gasteiger partial charge is 0.407 e. The highest BCUT2D eigenvalue weighted by atomic mass is 16.6. The van der Waals surface area contributed by atoms with Gasteiger partial charge in [-0.1, -0.05) is 5.92 Å². The van der Waals surface area contributed by atoms with Gasteiger partial charge in [-0.15, -0.1) is 6.42 Å². The number of hydrogen-bond donors (Lipinski definition) is 2. The van der Waals surface area contributed by atoms with Crippen molar-refractivity contribution in [2.75, 3.05) is 26.8 Å². The molecule has 1 amide bonds. The van der Waals surface area contributed by atoms with Crippen LogP contribution >= 0.6 is 0 Å². The number of nitrogens with one attached hydrogen (secondary N) is 1. The van der Waals surface area contributed by atoms with E-state index in [1.807, 2.05) is 0 Å². The van der Waals surface area contributed by atoms with Crippen molar-refractivity contribution < 1.29 is 23.9 Å². The molecule has 0 aliphatic carbocycles. The lowest BCUT2D eigenvalue weighted by Crippen LogP contribution is -2.30. The molecule has 1 aromatic carbocycles. The van der Waals surface area contributed by atoms with Crippen LogP contribution in [0.1, 0.15) is 18.6 Å². The predicted octanol–water partition coefficient (Wildman–Crippen LogP) is 1.36. The summed E-state index contributed by atoms with van der Waals surface area (Å²) in [5.74, 6) is 2.63. The Morgan fingerprint density at radius 3 is 2.75 bits per heavy atom. The van der Waals surface area contributed by atoms with E-state index in [0.717, 1.165) is 0 Å². The van der Waals surface area contributed by atoms with Crippen LogP contribution in [0.15, 0.2) is 12.1 Å². The maximum absolute atomic E-state index is 11.6. The number of nitrogens with zero attached hydrogens (tertiary/aromatic N) is 1. The first-order chi connectivity index (χ1) is 11.4. The van der Waals surface area contributed by atoms with Crippen molar-refractivity contribution >= 4 is 11.8 Å². The standard InChI is InChI=1S/C15H19N3O6/c1-4-7-23-14-9-12(18(20)21)11(8-13(14)22-3)10(2)24-15(19)17-6-5-16/h1,8-10H,5-7,16H2,2-3H3,(H,17,19). The van der Waals surface area contributed by atoms with Crippen molar-refractivity contribution in [1.29, 1.82) is 0 Å². The molecule has 0 saturated carbocycles. The normalized spacial score (nSPS) is 11.1. The molecule has 9 nitrogen and oxygen atoms in total. The summed E-state index contributed by atoms with van der Waals surface area (Å²) < 4.78 is 15.5. The van der Waals surface area contributed by atoms with Crippen LogP contribution in [0, 0.1) is 22.5 Å². The lowest BCUT2D eigenvalue weighted by molar-refractivity contribution is -0.386. The van der Waals surface area contributed by atoms with Gasteiger partial charge in [-0.05, 0) is 13.0 Å². The Labute approximate surface area is 139 Å². The second-order valence-electron chi connectivity index (χ2n) is 4.57. The molecule has 0 fully saturated rings. The maximum atomic E-state index is 11.6. The van der Waals surface area contributed by atoms with Gasteiger partial charge in [0, 0.05) is 13.1 Å². The zero-order chi connectivity index (χ0) is 18.1. The van der Waals surface area contributed by atoms with Gasteiger partial charge in [-0.2, -0.15) is 0 Å². The van der Waals surface area contributed by atoms with Crippen LogP contribution in [-0.2, 0) is 4.74 Å². The van der Waals surface area contributed by atoms with Crippen LogP contribution in [0.4, 0.5) is 10.5 Å². The Morgan fingerprint density at radius 1 is 1.50 bits per heavy atom. The molecule has 0 saturated heterocycles. The summed E-state index contributed by atoms with van der Waals surface area (Å²) in [5.41, 5.74) is 5.16.